The van der Waals surface area contributed by atoms with E-state index in [9.17, 15) is 18.0 Å². The molecule has 7 heteroatoms. The minimum absolute atomic E-state index is 0.0924. The van der Waals surface area contributed by atoms with E-state index in [1.165, 1.54) is 32.2 Å². The minimum atomic E-state index is -3.92. The van der Waals surface area contributed by atoms with Gasteiger partial charge in [-0.25, -0.2) is 8.42 Å². The third kappa shape index (κ3) is 2.54. The van der Waals surface area contributed by atoms with E-state index in [0.717, 1.165) is 4.31 Å². The highest BCUT2D eigenvalue weighted by Gasteiger charge is 2.36. The highest BCUT2D eigenvalue weighted by Crippen LogP contribution is 2.37. The van der Waals surface area contributed by atoms with Crippen molar-refractivity contribution in [3.05, 3.63) is 47.2 Å². The number of Topliss-reactive ketones (excluding diaryl/α,β-unsaturated/α-hetero) is 1. The van der Waals surface area contributed by atoms with Gasteiger partial charge in [0.25, 0.3) is 10.0 Å². The number of carbonyl (C=O) groups excluding carboxylic acids is 2. The summed E-state index contributed by atoms with van der Waals surface area (Å²) < 4.78 is 31.9. The van der Waals surface area contributed by atoms with Crippen LogP contribution in [0.5, 0.6) is 5.75 Å². The van der Waals surface area contributed by atoms with E-state index in [2.05, 4.69) is 0 Å². The zero-order valence-corrected chi connectivity index (χ0v) is 14.4. The van der Waals surface area contributed by atoms with Crippen LogP contribution in [0.3, 0.4) is 0 Å². The van der Waals surface area contributed by atoms with Crippen molar-refractivity contribution in [2.45, 2.75) is 25.2 Å². The number of carbonyl (C=O) groups is 2. The van der Waals surface area contributed by atoms with Gasteiger partial charge in [-0.15, -0.1) is 0 Å². The predicted octanol–water partition coefficient (Wildman–Crippen LogP) is 2.28. The lowest BCUT2D eigenvalue weighted by Crippen LogP contribution is -2.26. The number of benzene rings is 1. The van der Waals surface area contributed by atoms with Crippen LogP contribution >= 0.6 is 0 Å². The van der Waals surface area contributed by atoms with Crippen molar-refractivity contribution < 1.29 is 22.7 Å². The third-order valence-electron chi connectivity index (χ3n) is 4.13. The van der Waals surface area contributed by atoms with Gasteiger partial charge in [0.15, 0.2) is 5.78 Å². The number of sulfonamides is 1. The summed E-state index contributed by atoms with van der Waals surface area (Å²) in [5.74, 6) is -0.617. The van der Waals surface area contributed by atoms with E-state index in [0.29, 0.717) is 17.7 Å². The number of fused-ring (bicyclic) bond motifs is 1. The van der Waals surface area contributed by atoms with Crippen LogP contribution in [0.25, 0.3) is 0 Å². The predicted molar refractivity (Wildman–Crippen MR) is 87.0 cm³/mol. The molecule has 0 saturated carbocycles. The van der Waals surface area contributed by atoms with Gasteiger partial charge in [-0.3, -0.25) is 13.9 Å². The van der Waals surface area contributed by atoms with Gasteiger partial charge >= 0.3 is 5.97 Å². The van der Waals surface area contributed by atoms with Gasteiger partial charge in [0.05, 0.1) is 5.70 Å². The maximum atomic E-state index is 12.9. The fourth-order valence-corrected chi connectivity index (χ4v) is 4.36. The molecule has 1 aliphatic heterocycles. The van der Waals surface area contributed by atoms with Gasteiger partial charge in [-0.1, -0.05) is 13.0 Å². The lowest BCUT2D eigenvalue weighted by atomic mass is 9.89. The first-order chi connectivity index (χ1) is 11.2. The summed E-state index contributed by atoms with van der Waals surface area (Å²) in [7, 11) is -2.50. The molecule has 2 aliphatic rings. The molecule has 1 heterocycles. The summed E-state index contributed by atoms with van der Waals surface area (Å²) in [6.45, 7) is 3.20. The van der Waals surface area contributed by atoms with Gasteiger partial charge in [-0.2, -0.15) is 0 Å². The summed E-state index contributed by atoms with van der Waals surface area (Å²) in [5.41, 5.74) is 0.976. The second-order valence-electron chi connectivity index (χ2n) is 5.96. The molecule has 0 N–H and O–H groups in total. The summed E-state index contributed by atoms with van der Waals surface area (Å²) in [6.07, 6.45) is 4.05. The van der Waals surface area contributed by atoms with Crippen LogP contribution < -0.4 is 4.74 Å². The SMILES string of the molecule is CC(=O)Oc1ccc2c(c1)S(=O)(=O)N(C)C1=C(CC(C)C=C1)C2=O. The van der Waals surface area contributed by atoms with Crippen molar-refractivity contribution in [2.24, 2.45) is 5.92 Å². The zero-order valence-electron chi connectivity index (χ0n) is 13.6. The van der Waals surface area contributed by atoms with Crippen LogP contribution in [-0.2, 0) is 14.8 Å². The van der Waals surface area contributed by atoms with Crippen molar-refractivity contribution in [2.75, 3.05) is 7.05 Å². The Kier molecular flexibility index (Phi) is 3.83. The molecular formula is C17H17NO5S. The molecule has 1 aliphatic carbocycles. The third-order valence-corrected chi connectivity index (χ3v) is 5.94. The Labute approximate surface area is 140 Å². The molecule has 1 aromatic rings. The summed E-state index contributed by atoms with van der Waals surface area (Å²) in [4.78, 5) is 23.9. The highest BCUT2D eigenvalue weighted by atomic mass is 32.2. The lowest BCUT2D eigenvalue weighted by Gasteiger charge is -2.24. The molecule has 0 radical (unpaired) electrons. The zero-order chi connectivity index (χ0) is 17.6. The van der Waals surface area contributed by atoms with Crippen LogP contribution in [0, 0.1) is 5.92 Å². The molecule has 1 unspecified atom stereocenters. The number of ether oxygens (including phenoxy) is 1. The second-order valence-corrected chi connectivity index (χ2v) is 7.90. The minimum Gasteiger partial charge on any atom is -0.427 e. The molecule has 6 nitrogen and oxygen atoms in total. The molecule has 24 heavy (non-hydrogen) atoms. The number of likely N-dealkylation sites (N-methyl/N-ethyl adjacent to an activating group) is 1. The largest absolute Gasteiger partial charge is 0.427 e. The molecular weight excluding hydrogens is 330 g/mol. The van der Waals surface area contributed by atoms with E-state index in [-0.39, 0.29) is 27.9 Å². The molecule has 0 fully saturated rings. The van der Waals surface area contributed by atoms with Crippen LogP contribution in [0.2, 0.25) is 0 Å². The summed E-state index contributed by atoms with van der Waals surface area (Å²) >= 11 is 0. The smallest absolute Gasteiger partial charge is 0.308 e. The van der Waals surface area contributed by atoms with E-state index < -0.39 is 16.0 Å². The van der Waals surface area contributed by atoms with Gasteiger partial charge in [0.1, 0.15) is 10.6 Å². The molecule has 0 saturated heterocycles. The molecule has 126 valence electrons. The Bertz CT molecular complexity index is 911. The van der Waals surface area contributed by atoms with E-state index in [1.807, 2.05) is 13.0 Å². The maximum Gasteiger partial charge on any atom is 0.308 e. The van der Waals surface area contributed by atoms with Crippen molar-refractivity contribution in [3.63, 3.8) is 0 Å². The number of ketones is 1. The molecule has 0 aromatic heterocycles. The van der Waals surface area contributed by atoms with Crippen molar-refractivity contribution >= 4 is 21.8 Å². The second kappa shape index (κ2) is 5.59. The number of esters is 1. The Morgan fingerprint density at radius 2 is 2.04 bits per heavy atom. The van der Waals surface area contributed by atoms with Gasteiger partial charge in [0, 0.05) is 31.2 Å². The van der Waals surface area contributed by atoms with Gasteiger partial charge < -0.3 is 4.74 Å². The van der Waals surface area contributed by atoms with Crippen molar-refractivity contribution in [1.29, 1.82) is 0 Å². The molecule has 1 aromatic carbocycles. The number of rotatable bonds is 1. The Hall–Kier alpha value is -2.41. The lowest BCUT2D eigenvalue weighted by molar-refractivity contribution is -0.131. The Morgan fingerprint density at radius 3 is 2.71 bits per heavy atom. The van der Waals surface area contributed by atoms with Crippen molar-refractivity contribution in [3.8, 4) is 5.75 Å². The van der Waals surface area contributed by atoms with Crippen LogP contribution in [-0.4, -0.2) is 31.5 Å². The molecule has 0 spiro atoms. The molecule has 0 bridgehead atoms. The Morgan fingerprint density at radius 1 is 1.33 bits per heavy atom. The number of allylic oxidation sites excluding steroid dienone is 3. The van der Waals surface area contributed by atoms with Crippen LogP contribution in [0.15, 0.2) is 46.5 Å². The topological polar surface area (TPSA) is 80.8 Å². The standard InChI is InChI=1S/C17H17NO5S/c1-10-4-7-15-14(8-10)17(20)13-6-5-12(23-11(2)19)9-16(13)24(21,22)18(15)3/h4-7,9-10H,8H2,1-3H3. The fraction of sp³-hybridized carbons (Fsp3) is 0.294. The number of nitrogens with zero attached hydrogens (tertiary/aromatic N) is 1. The van der Waals surface area contributed by atoms with E-state index in [1.54, 1.807) is 6.08 Å². The molecule has 0 amide bonds. The average Bonchev–Trinajstić information content (AvgIpc) is 2.57. The average molecular weight is 347 g/mol. The number of hydrogen-bond donors (Lipinski definition) is 0. The van der Waals surface area contributed by atoms with E-state index in [4.69, 9.17) is 4.74 Å². The van der Waals surface area contributed by atoms with Crippen LogP contribution in [0.4, 0.5) is 0 Å². The Balaban J connectivity index is 2.23. The highest BCUT2D eigenvalue weighted by molar-refractivity contribution is 7.89. The summed E-state index contributed by atoms with van der Waals surface area (Å²) in [6, 6.07) is 4.06. The molecule has 1 atom stereocenters. The van der Waals surface area contributed by atoms with Crippen LogP contribution in [0.1, 0.15) is 30.6 Å². The first-order valence-electron chi connectivity index (χ1n) is 7.49. The number of hydrogen-bond acceptors (Lipinski definition) is 5. The normalized spacial score (nSPS) is 21.9. The first-order valence-corrected chi connectivity index (χ1v) is 8.93. The summed E-state index contributed by atoms with van der Waals surface area (Å²) in [5, 5.41) is 0. The molecule has 3 rings (SSSR count). The first kappa shape index (κ1) is 16.4. The van der Waals surface area contributed by atoms with Crippen molar-refractivity contribution in [1.82, 2.24) is 4.31 Å². The van der Waals surface area contributed by atoms with E-state index >= 15 is 0 Å². The van der Waals surface area contributed by atoms with Gasteiger partial charge in [-0.05, 0) is 30.5 Å². The van der Waals surface area contributed by atoms with Gasteiger partial charge in [0.2, 0.25) is 0 Å². The quantitative estimate of drug-likeness (QED) is 0.575. The fourth-order valence-electron chi connectivity index (χ4n) is 2.93. The maximum absolute atomic E-state index is 12.9. The monoisotopic (exact) mass is 347 g/mol.